The van der Waals surface area contributed by atoms with Gasteiger partial charge in [0.25, 0.3) is 5.91 Å². The Morgan fingerprint density at radius 2 is 1.64 bits per heavy atom. The molecule has 1 aromatic rings. The number of hydrogen-bond donors (Lipinski definition) is 1. The summed E-state index contributed by atoms with van der Waals surface area (Å²) >= 11 is 0. The maximum atomic E-state index is 12.8. The Morgan fingerprint density at radius 3 is 2.36 bits per heavy atom. The summed E-state index contributed by atoms with van der Waals surface area (Å²) in [6.07, 6.45) is 6.23. The zero-order valence-corrected chi connectivity index (χ0v) is 16.3. The van der Waals surface area contributed by atoms with Crippen molar-refractivity contribution >= 4 is 11.8 Å². The van der Waals surface area contributed by atoms with Crippen molar-refractivity contribution in [3.05, 3.63) is 23.8 Å². The maximum Gasteiger partial charge on any atom is 0.254 e. The number of carbonyl (C=O) groups is 2. The van der Waals surface area contributed by atoms with Crippen LogP contribution in [0.5, 0.6) is 11.5 Å². The summed E-state index contributed by atoms with van der Waals surface area (Å²) < 4.78 is 10.7. The minimum atomic E-state index is -0.0314. The number of carbonyl (C=O) groups excluding carboxylic acids is 2. The molecular weight excluding hydrogens is 358 g/mol. The minimum absolute atomic E-state index is 0.0191. The van der Waals surface area contributed by atoms with Crippen LogP contribution in [-0.4, -0.2) is 61.1 Å². The molecule has 0 atom stereocenters. The van der Waals surface area contributed by atoms with E-state index in [9.17, 15) is 9.59 Å². The Morgan fingerprint density at radius 1 is 0.964 bits per heavy atom. The third-order valence-corrected chi connectivity index (χ3v) is 6.41. The Labute approximate surface area is 165 Å². The van der Waals surface area contributed by atoms with E-state index in [4.69, 9.17) is 15.2 Å². The van der Waals surface area contributed by atoms with Crippen LogP contribution in [0.25, 0.3) is 0 Å². The lowest BCUT2D eigenvalue weighted by Gasteiger charge is -2.39. The Hall–Kier alpha value is -2.28. The molecule has 7 nitrogen and oxygen atoms in total. The summed E-state index contributed by atoms with van der Waals surface area (Å²) in [4.78, 5) is 29.3. The van der Waals surface area contributed by atoms with Crippen molar-refractivity contribution in [1.29, 1.82) is 0 Å². The van der Waals surface area contributed by atoms with E-state index in [0.717, 1.165) is 12.8 Å². The molecule has 28 heavy (non-hydrogen) atoms. The van der Waals surface area contributed by atoms with Crippen molar-refractivity contribution in [3.8, 4) is 11.5 Å². The predicted octanol–water partition coefficient (Wildman–Crippen LogP) is 2.00. The van der Waals surface area contributed by atoms with Crippen LogP contribution < -0.4 is 15.2 Å². The quantitative estimate of drug-likeness (QED) is 0.854. The van der Waals surface area contributed by atoms with Crippen LogP contribution in [0.4, 0.5) is 0 Å². The first kappa shape index (κ1) is 19.1. The van der Waals surface area contributed by atoms with Gasteiger partial charge in [-0.15, -0.1) is 0 Å². The number of rotatable bonds is 4. The Kier molecular flexibility index (Phi) is 5.44. The van der Waals surface area contributed by atoms with Crippen LogP contribution in [-0.2, 0) is 4.79 Å². The molecule has 3 aliphatic rings. The van der Waals surface area contributed by atoms with Gasteiger partial charge in [-0.3, -0.25) is 9.59 Å². The molecule has 2 aliphatic heterocycles. The molecule has 2 heterocycles. The highest BCUT2D eigenvalue weighted by Crippen LogP contribution is 2.39. The molecule has 1 aromatic carbocycles. The smallest absolute Gasteiger partial charge is 0.254 e. The number of amides is 2. The summed E-state index contributed by atoms with van der Waals surface area (Å²) in [5.41, 5.74) is 6.61. The minimum Gasteiger partial charge on any atom is -0.454 e. The Balaban J connectivity index is 1.32. The average Bonchev–Trinajstić information content (AvgIpc) is 3.22. The maximum absolute atomic E-state index is 12.8. The van der Waals surface area contributed by atoms with Crippen LogP contribution in [0.1, 0.15) is 48.9 Å². The second-order valence-corrected chi connectivity index (χ2v) is 8.18. The number of benzene rings is 1. The summed E-state index contributed by atoms with van der Waals surface area (Å²) in [5, 5.41) is 0. The first-order valence-corrected chi connectivity index (χ1v) is 10.3. The molecular formula is C21H29N3O4. The van der Waals surface area contributed by atoms with Gasteiger partial charge in [0.1, 0.15) is 0 Å². The first-order chi connectivity index (χ1) is 13.6. The number of fused-ring (bicyclic) bond motifs is 1. The van der Waals surface area contributed by atoms with E-state index in [1.165, 1.54) is 19.3 Å². The van der Waals surface area contributed by atoms with Crippen LogP contribution in [0.2, 0.25) is 0 Å². The van der Waals surface area contributed by atoms with E-state index in [-0.39, 0.29) is 24.0 Å². The van der Waals surface area contributed by atoms with Gasteiger partial charge in [0.15, 0.2) is 11.5 Å². The molecule has 0 radical (unpaired) electrons. The summed E-state index contributed by atoms with van der Waals surface area (Å²) in [6.45, 7) is 3.04. The van der Waals surface area contributed by atoms with Crippen molar-refractivity contribution < 1.29 is 19.1 Å². The van der Waals surface area contributed by atoms with Crippen LogP contribution in [0, 0.1) is 5.41 Å². The molecule has 152 valence electrons. The number of piperazine rings is 1. The van der Waals surface area contributed by atoms with Crippen molar-refractivity contribution in [2.75, 3.05) is 39.5 Å². The lowest BCUT2D eigenvalue weighted by atomic mass is 9.71. The SMILES string of the molecule is NCC1(CC(=O)N2CCN(C(=O)c3ccc4c(c3)OCO4)CC2)CCCCC1. The van der Waals surface area contributed by atoms with E-state index in [1.807, 2.05) is 4.90 Å². The molecule has 0 spiro atoms. The second kappa shape index (κ2) is 7.99. The largest absolute Gasteiger partial charge is 0.454 e. The molecule has 7 heteroatoms. The first-order valence-electron chi connectivity index (χ1n) is 10.3. The molecule has 1 aliphatic carbocycles. The van der Waals surface area contributed by atoms with Gasteiger partial charge in [0.2, 0.25) is 12.7 Å². The highest BCUT2D eigenvalue weighted by Gasteiger charge is 2.35. The van der Waals surface area contributed by atoms with Gasteiger partial charge < -0.3 is 25.0 Å². The second-order valence-electron chi connectivity index (χ2n) is 8.18. The van der Waals surface area contributed by atoms with Crippen molar-refractivity contribution in [3.63, 3.8) is 0 Å². The number of nitrogens with zero attached hydrogens (tertiary/aromatic N) is 2. The van der Waals surface area contributed by atoms with Crippen molar-refractivity contribution in [2.24, 2.45) is 11.1 Å². The van der Waals surface area contributed by atoms with Crippen LogP contribution in [0.15, 0.2) is 18.2 Å². The molecule has 1 saturated heterocycles. The van der Waals surface area contributed by atoms with Gasteiger partial charge in [-0.2, -0.15) is 0 Å². The molecule has 2 N–H and O–H groups in total. The molecule has 2 amide bonds. The molecule has 4 rings (SSSR count). The third-order valence-electron chi connectivity index (χ3n) is 6.41. The highest BCUT2D eigenvalue weighted by molar-refractivity contribution is 5.95. The monoisotopic (exact) mass is 387 g/mol. The lowest BCUT2D eigenvalue weighted by Crippen LogP contribution is -2.51. The van der Waals surface area contributed by atoms with Gasteiger partial charge in [0.05, 0.1) is 0 Å². The van der Waals surface area contributed by atoms with E-state index in [2.05, 4.69) is 0 Å². The van der Waals surface area contributed by atoms with Gasteiger partial charge >= 0.3 is 0 Å². The summed E-state index contributed by atoms with van der Waals surface area (Å²) in [6, 6.07) is 5.27. The number of ether oxygens (including phenoxy) is 2. The van der Waals surface area contributed by atoms with Crippen molar-refractivity contribution in [1.82, 2.24) is 9.80 Å². The predicted molar refractivity (Wildman–Crippen MR) is 104 cm³/mol. The normalized spacial score (nSPS) is 20.9. The van der Waals surface area contributed by atoms with Gasteiger partial charge in [0, 0.05) is 38.2 Å². The molecule has 2 fully saturated rings. The standard InChI is InChI=1S/C21H29N3O4/c22-14-21(6-2-1-3-7-21)13-19(25)23-8-10-24(11-9-23)20(26)16-4-5-17-18(12-16)28-15-27-17/h4-5,12H,1-3,6-11,13-15,22H2. The van der Waals surface area contributed by atoms with Crippen molar-refractivity contribution in [2.45, 2.75) is 38.5 Å². The van der Waals surface area contributed by atoms with Crippen LogP contribution in [0.3, 0.4) is 0 Å². The van der Waals surface area contributed by atoms with Crippen LogP contribution >= 0.6 is 0 Å². The van der Waals surface area contributed by atoms with Gasteiger partial charge in [-0.25, -0.2) is 0 Å². The summed E-state index contributed by atoms with van der Waals surface area (Å²) in [7, 11) is 0. The molecule has 0 unspecified atom stereocenters. The Bertz CT molecular complexity index is 737. The van der Waals surface area contributed by atoms with E-state index >= 15 is 0 Å². The molecule has 0 aromatic heterocycles. The fourth-order valence-corrected chi connectivity index (χ4v) is 4.56. The highest BCUT2D eigenvalue weighted by atomic mass is 16.7. The van der Waals surface area contributed by atoms with Gasteiger partial charge in [-0.1, -0.05) is 19.3 Å². The summed E-state index contributed by atoms with van der Waals surface area (Å²) in [5.74, 6) is 1.43. The molecule has 1 saturated carbocycles. The van der Waals surface area contributed by atoms with Gasteiger partial charge in [-0.05, 0) is 43.0 Å². The third kappa shape index (κ3) is 3.81. The van der Waals surface area contributed by atoms with E-state index in [1.54, 1.807) is 23.1 Å². The molecule has 0 bridgehead atoms. The average molecular weight is 387 g/mol. The fraction of sp³-hybridized carbons (Fsp3) is 0.619. The zero-order chi connectivity index (χ0) is 19.6. The number of nitrogens with two attached hydrogens (primary N) is 1. The topological polar surface area (TPSA) is 85.1 Å². The zero-order valence-electron chi connectivity index (χ0n) is 16.3. The van der Waals surface area contributed by atoms with E-state index in [0.29, 0.717) is 56.2 Å². The fourth-order valence-electron chi connectivity index (χ4n) is 4.56. The number of hydrogen-bond acceptors (Lipinski definition) is 5. The lowest BCUT2D eigenvalue weighted by molar-refractivity contribution is -0.135. The van der Waals surface area contributed by atoms with E-state index < -0.39 is 0 Å².